The van der Waals surface area contributed by atoms with Crippen LogP contribution in [0.5, 0.6) is 0 Å². The summed E-state index contributed by atoms with van der Waals surface area (Å²) in [6, 6.07) is 7.78. The highest BCUT2D eigenvalue weighted by Crippen LogP contribution is 2.20. The summed E-state index contributed by atoms with van der Waals surface area (Å²) in [4.78, 5) is 5.00. The first-order chi connectivity index (χ1) is 9.74. The van der Waals surface area contributed by atoms with Crippen molar-refractivity contribution in [1.82, 2.24) is 15.1 Å². The Morgan fingerprint density at radius 3 is 2.70 bits per heavy atom. The van der Waals surface area contributed by atoms with Gasteiger partial charge in [-0.15, -0.1) is 0 Å². The lowest BCUT2D eigenvalue weighted by Gasteiger charge is -2.32. The Balaban J connectivity index is 1.66. The maximum absolute atomic E-state index is 3.61. The average molecular weight is 273 g/mol. The molecule has 2 heterocycles. The fourth-order valence-electron chi connectivity index (χ4n) is 3.28. The van der Waals surface area contributed by atoms with Gasteiger partial charge >= 0.3 is 0 Å². The van der Waals surface area contributed by atoms with Crippen molar-refractivity contribution >= 4 is 0 Å². The lowest BCUT2D eigenvalue weighted by Crippen LogP contribution is -2.43. The van der Waals surface area contributed by atoms with Gasteiger partial charge in [-0.05, 0) is 36.6 Å². The van der Waals surface area contributed by atoms with Gasteiger partial charge in [0.2, 0.25) is 0 Å². The third kappa shape index (κ3) is 3.22. The number of likely N-dealkylation sites (N-methyl/N-ethyl adjacent to an activating group) is 1. The second-order valence-electron chi connectivity index (χ2n) is 6.37. The number of hydrogen-bond acceptors (Lipinski definition) is 3. The van der Waals surface area contributed by atoms with Crippen LogP contribution in [0.4, 0.5) is 0 Å². The summed E-state index contributed by atoms with van der Waals surface area (Å²) < 4.78 is 0. The van der Waals surface area contributed by atoms with Crippen LogP contribution >= 0.6 is 0 Å². The molecule has 1 atom stereocenters. The molecule has 2 aliphatic heterocycles. The molecule has 20 heavy (non-hydrogen) atoms. The Bertz CT molecular complexity index is 450. The van der Waals surface area contributed by atoms with Crippen LogP contribution in [0.1, 0.15) is 30.0 Å². The van der Waals surface area contributed by atoms with E-state index in [1.807, 2.05) is 0 Å². The van der Waals surface area contributed by atoms with Gasteiger partial charge < -0.3 is 10.2 Å². The van der Waals surface area contributed by atoms with E-state index in [1.54, 1.807) is 5.56 Å². The molecule has 0 spiro atoms. The monoisotopic (exact) mass is 273 g/mol. The maximum Gasteiger partial charge on any atom is 0.0234 e. The van der Waals surface area contributed by atoms with Gasteiger partial charge in [-0.2, -0.15) is 0 Å². The van der Waals surface area contributed by atoms with E-state index in [9.17, 15) is 0 Å². The molecule has 0 bridgehead atoms. The second kappa shape index (κ2) is 6.25. The number of nitrogens with one attached hydrogen (secondary N) is 1. The van der Waals surface area contributed by atoms with Gasteiger partial charge in [0.1, 0.15) is 0 Å². The topological polar surface area (TPSA) is 18.5 Å². The van der Waals surface area contributed by atoms with Crippen LogP contribution in [0.15, 0.2) is 18.2 Å². The van der Waals surface area contributed by atoms with E-state index < -0.39 is 0 Å². The summed E-state index contributed by atoms with van der Waals surface area (Å²) in [5.41, 5.74) is 4.56. The first kappa shape index (κ1) is 14.1. The highest BCUT2D eigenvalue weighted by atomic mass is 15.2. The number of fused-ring (bicyclic) bond motifs is 1. The lowest BCUT2D eigenvalue weighted by atomic mass is 9.93. The molecule has 1 aromatic carbocycles. The maximum atomic E-state index is 3.61. The number of nitrogens with zero attached hydrogens (tertiary/aromatic N) is 2. The summed E-state index contributed by atoms with van der Waals surface area (Å²) in [7, 11) is 2.22. The fraction of sp³-hybridized carbons (Fsp3) is 0.647. The van der Waals surface area contributed by atoms with Crippen LogP contribution in [-0.4, -0.2) is 49.1 Å². The standard InChI is InChI=1S/C17H27N3/c1-3-17-11-16-10-14(4-5-15(16)12-18-17)13-20-8-6-19(2)7-9-20/h4-5,10,17-18H,3,6-9,11-13H2,1-2H3. The van der Waals surface area contributed by atoms with E-state index in [0.29, 0.717) is 6.04 Å². The highest BCUT2D eigenvalue weighted by molar-refractivity contribution is 5.34. The minimum atomic E-state index is 0.668. The molecule has 2 aliphatic rings. The van der Waals surface area contributed by atoms with E-state index >= 15 is 0 Å². The molecule has 1 aromatic rings. The Morgan fingerprint density at radius 1 is 1.15 bits per heavy atom. The van der Waals surface area contributed by atoms with Crippen LogP contribution in [0.25, 0.3) is 0 Å². The molecule has 1 saturated heterocycles. The van der Waals surface area contributed by atoms with E-state index in [-0.39, 0.29) is 0 Å². The zero-order valence-electron chi connectivity index (χ0n) is 12.9. The zero-order chi connectivity index (χ0) is 13.9. The van der Waals surface area contributed by atoms with E-state index in [2.05, 4.69) is 47.3 Å². The smallest absolute Gasteiger partial charge is 0.0234 e. The molecular weight excluding hydrogens is 246 g/mol. The van der Waals surface area contributed by atoms with Gasteiger partial charge in [-0.3, -0.25) is 4.90 Å². The lowest BCUT2D eigenvalue weighted by molar-refractivity contribution is 0.148. The Morgan fingerprint density at radius 2 is 1.95 bits per heavy atom. The predicted octanol–water partition coefficient (Wildman–Crippen LogP) is 1.86. The quantitative estimate of drug-likeness (QED) is 0.907. The molecule has 0 saturated carbocycles. The molecule has 3 rings (SSSR count). The Kier molecular flexibility index (Phi) is 4.39. The zero-order valence-corrected chi connectivity index (χ0v) is 12.9. The number of hydrogen-bond donors (Lipinski definition) is 1. The van der Waals surface area contributed by atoms with E-state index in [4.69, 9.17) is 0 Å². The van der Waals surface area contributed by atoms with Crippen LogP contribution in [0.3, 0.4) is 0 Å². The van der Waals surface area contributed by atoms with Gasteiger partial charge in [-0.1, -0.05) is 25.1 Å². The van der Waals surface area contributed by atoms with Crippen molar-refractivity contribution < 1.29 is 0 Å². The molecule has 0 aromatic heterocycles. The van der Waals surface area contributed by atoms with Gasteiger partial charge in [0.05, 0.1) is 0 Å². The van der Waals surface area contributed by atoms with Gasteiger partial charge in [-0.25, -0.2) is 0 Å². The first-order valence-electron chi connectivity index (χ1n) is 7.99. The molecule has 1 fully saturated rings. The van der Waals surface area contributed by atoms with Crippen molar-refractivity contribution in [2.45, 2.75) is 38.9 Å². The summed E-state index contributed by atoms with van der Waals surface area (Å²) in [5, 5.41) is 3.61. The Hall–Kier alpha value is -0.900. The highest BCUT2D eigenvalue weighted by Gasteiger charge is 2.18. The molecule has 0 radical (unpaired) electrons. The average Bonchev–Trinajstić information content (AvgIpc) is 2.49. The van der Waals surface area contributed by atoms with Gasteiger partial charge in [0, 0.05) is 45.3 Å². The molecule has 3 nitrogen and oxygen atoms in total. The van der Waals surface area contributed by atoms with Crippen molar-refractivity contribution in [3.8, 4) is 0 Å². The number of piperazine rings is 1. The molecule has 1 N–H and O–H groups in total. The number of benzene rings is 1. The van der Waals surface area contributed by atoms with Crippen LogP contribution < -0.4 is 5.32 Å². The molecule has 0 aliphatic carbocycles. The molecule has 110 valence electrons. The largest absolute Gasteiger partial charge is 0.310 e. The van der Waals surface area contributed by atoms with Crippen molar-refractivity contribution in [2.75, 3.05) is 33.2 Å². The van der Waals surface area contributed by atoms with Crippen molar-refractivity contribution in [3.63, 3.8) is 0 Å². The Labute approximate surface area is 123 Å². The molecule has 3 heteroatoms. The summed E-state index contributed by atoms with van der Waals surface area (Å²) in [6.45, 7) is 9.24. The van der Waals surface area contributed by atoms with Crippen molar-refractivity contribution in [1.29, 1.82) is 0 Å². The summed E-state index contributed by atoms with van der Waals surface area (Å²) in [5.74, 6) is 0. The third-order valence-electron chi connectivity index (χ3n) is 4.81. The molecular formula is C17H27N3. The first-order valence-corrected chi connectivity index (χ1v) is 7.99. The second-order valence-corrected chi connectivity index (χ2v) is 6.37. The van der Waals surface area contributed by atoms with E-state index in [0.717, 1.165) is 13.1 Å². The molecule has 1 unspecified atom stereocenters. The van der Waals surface area contributed by atoms with Crippen LogP contribution in [0.2, 0.25) is 0 Å². The SMILES string of the molecule is CCC1Cc2cc(CN3CCN(C)CC3)ccc2CN1. The number of rotatable bonds is 3. The van der Waals surface area contributed by atoms with E-state index in [1.165, 1.54) is 50.1 Å². The third-order valence-corrected chi connectivity index (χ3v) is 4.81. The van der Waals surface area contributed by atoms with Crippen LogP contribution in [-0.2, 0) is 19.5 Å². The van der Waals surface area contributed by atoms with Crippen LogP contribution in [0, 0.1) is 0 Å². The summed E-state index contributed by atoms with van der Waals surface area (Å²) >= 11 is 0. The van der Waals surface area contributed by atoms with Crippen molar-refractivity contribution in [3.05, 3.63) is 34.9 Å². The summed E-state index contributed by atoms with van der Waals surface area (Å²) in [6.07, 6.45) is 2.42. The molecule has 0 amide bonds. The van der Waals surface area contributed by atoms with Crippen molar-refractivity contribution in [2.24, 2.45) is 0 Å². The normalized spacial score (nSPS) is 24.6. The minimum Gasteiger partial charge on any atom is -0.310 e. The van der Waals surface area contributed by atoms with Gasteiger partial charge in [0.15, 0.2) is 0 Å². The fourth-order valence-corrected chi connectivity index (χ4v) is 3.28. The minimum absolute atomic E-state index is 0.668. The predicted molar refractivity (Wildman–Crippen MR) is 83.8 cm³/mol. The van der Waals surface area contributed by atoms with Gasteiger partial charge in [0.25, 0.3) is 0 Å².